The molecule has 0 aromatic heterocycles. The topological polar surface area (TPSA) is 57.7 Å². The Morgan fingerprint density at radius 1 is 0.929 bits per heavy atom. The van der Waals surface area contributed by atoms with Gasteiger partial charge in [0.2, 0.25) is 15.9 Å². The first-order chi connectivity index (χ1) is 13.5. The zero-order chi connectivity index (χ0) is 19.7. The molecule has 1 amide bonds. The maximum absolute atomic E-state index is 13.3. The third-order valence-corrected chi connectivity index (χ3v) is 8.59. The van der Waals surface area contributed by atoms with Gasteiger partial charge in [-0.05, 0) is 68.7 Å². The molecular formula is C21H29FN2O3S. The summed E-state index contributed by atoms with van der Waals surface area (Å²) in [7, 11) is -3.70. The average molecular weight is 409 g/mol. The zero-order valence-electron chi connectivity index (χ0n) is 16.2. The van der Waals surface area contributed by atoms with Crippen LogP contribution >= 0.6 is 0 Å². The molecule has 28 heavy (non-hydrogen) atoms. The first kappa shape index (κ1) is 19.8. The van der Waals surface area contributed by atoms with Gasteiger partial charge in [-0.3, -0.25) is 4.79 Å². The van der Waals surface area contributed by atoms with E-state index >= 15 is 0 Å². The van der Waals surface area contributed by atoms with Crippen LogP contribution in [0.2, 0.25) is 0 Å². The summed E-state index contributed by atoms with van der Waals surface area (Å²) in [5, 5.41) is 0. The highest BCUT2D eigenvalue weighted by Gasteiger charge is 2.40. The van der Waals surface area contributed by atoms with E-state index in [-0.39, 0.29) is 23.3 Å². The highest BCUT2D eigenvalue weighted by atomic mass is 32.2. The van der Waals surface area contributed by atoms with E-state index in [2.05, 4.69) is 4.90 Å². The SMILES string of the molecule is O=C([C@@H]1CCCN(S(=O)(=O)c2ccc(F)cc2)C1)N1CCC[C@H]2CCCC[C@@H]21. The number of carbonyl (C=O) groups is 1. The van der Waals surface area contributed by atoms with Gasteiger partial charge in [-0.25, -0.2) is 12.8 Å². The molecule has 2 aliphatic heterocycles. The molecule has 1 aromatic carbocycles. The molecule has 3 aliphatic rings. The summed E-state index contributed by atoms with van der Waals surface area (Å²) in [5.74, 6) is 0.0205. The zero-order valence-corrected chi connectivity index (χ0v) is 17.0. The smallest absolute Gasteiger partial charge is 0.243 e. The predicted octanol–water partition coefficient (Wildman–Crippen LogP) is 3.41. The lowest BCUT2D eigenvalue weighted by Crippen LogP contribution is -2.54. The summed E-state index contributed by atoms with van der Waals surface area (Å²) in [4.78, 5) is 15.5. The second-order valence-corrected chi connectivity index (χ2v) is 10.4. The minimum atomic E-state index is -3.70. The number of carbonyl (C=O) groups excluding carboxylic acids is 1. The van der Waals surface area contributed by atoms with Crippen molar-refractivity contribution in [2.24, 2.45) is 11.8 Å². The van der Waals surface area contributed by atoms with Gasteiger partial charge in [0.1, 0.15) is 5.82 Å². The monoisotopic (exact) mass is 408 g/mol. The lowest BCUT2D eigenvalue weighted by atomic mass is 9.77. The third kappa shape index (κ3) is 3.83. The Morgan fingerprint density at radius 2 is 1.61 bits per heavy atom. The van der Waals surface area contributed by atoms with Crippen LogP contribution < -0.4 is 0 Å². The molecule has 154 valence electrons. The van der Waals surface area contributed by atoms with E-state index in [0.29, 0.717) is 24.9 Å². The van der Waals surface area contributed by atoms with Gasteiger partial charge in [0.05, 0.1) is 10.8 Å². The van der Waals surface area contributed by atoms with E-state index in [4.69, 9.17) is 0 Å². The number of halogens is 1. The van der Waals surface area contributed by atoms with Crippen LogP contribution in [0.3, 0.4) is 0 Å². The van der Waals surface area contributed by atoms with Crippen molar-refractivity contribution in [3.05, 3.63) is 30.1 Å². The van der Waals surface area contributed by atoms with Crippen molar-refractivity contribution in [2.45, 2.75) is 62.3 Å². The molecule has 4 rings (SSSR count). The quantitative estimate of drug-likeness (QED) is 0.770. The summed E-state index contributed by atoms with van der Waals surface area (Å²) in [6.07, 6.45) is 8.42. The Hall–Kier alpha value is -1.47. The summed E-state index contributed by atoms with van der Waals surface area (Å²) < 4.78 is 40.5. The number of fused-ring (bicyclic) bond motifs is 1. The maximum Gasteiger partial charge on any atom is 0.243 e. The van der Waals surface area contributed by atoms with Crippen LogP contribution in [-0.4, -0.2) is 49.2 Å². The number of nitrogens with zero attached hydrogens (tertiary/aromatic N) is 2. The van der Waals surface area contributed by atoms with Crippen LogP contribution in [0.4, 0.5) is 4.39 Å². The molecule has 3 atom stereocenters. The molecule has 5 nitrogen and oxygen atoms in total. The lowest BCUT2D eigenvalue weighted by Gasteiger charge is -2.46. The Balaban J connectivity index is 1.48. The van der Waals surface area contributed by atoms with Crippen LogP contribution in [0, 0.1) is 17.7 Å². The molecule has 2 saturated heterocycles. The van der Waals surface area contributed by atoms with E-state index in [9.17, 15) is 17.6 Å². The summed E-state index contributed by atoms with van der Waals surface area (Å²) in [6, 6.07) is 5.27. The fraction of sp³-hybridized carbons (Fsp3) is 0.667. The normalized spacial score (nSPS) is 29.3. The van der Waals surface area contributed by atoms with Crippen molar-refractivity contribution < 1.29 is 17.6 Å². The van der Waals surface area contributed by atoms with Gasteiger partial charge in [-0.1, -0.05) is 12.8 Å². The number of hydrogen-bond acceptors (Lipinski definition) is 3. The second kappa shape index (κ2) is 8.11. The van der Waals surface area contributed by atoms with Crippen LogP contribution in [0.5, 0.6) is 0 Å². The molecule has 0 unspecified atom stereocenters. The van der Waals surface area contributed by atoms with Crippen LogP contribution in [0.15, 0.2) is 29.2 Å². The van der Waals surface area contributed by atoms with Crippen molar-refractivity contribution >= 4 is 15.9 Å². The lowest BCUT2D eigenvalue weighted by molar-refractivity contribution is -0.143. The number of amides is 1. The number of piperidine rings is 2. The Bertz CT molecular complexity index is 809. The van der Waals surface area contributed by atoms with Gasteiger partial charge >= 0.3 is 0 Å². The minimum Gasteiger partial charge on any atom is -0.339 e. The van der Waals surface area contributed by atoms with Crippen molar-refractivity contribution in [3.8, 4) is 0 Å². The van der Waals surface area contributed by atoms with Crippen molar-refractivity contribution in [1.29, 1.82) is 0 Å². The summed E-state index contributed by atoms with van der Waals surface area (Å²) in [6.45, 7) is 1.45. The van der Waals surface area contributed by atoms with E-state index in [1.807, 2.05) is 0 Å². The van der Waals surface area contributed by atoms with Gasteiger partial charge in [0, 0.05) is 25.7 Å². The van der Waals surface area contributed by atoms with Gasteiger partial charge in [0.25, 0.3) is 0 Å². The maximum atomic E-state index is 13.3. The minimum absolute atomic E-state index is 0.0901. The van der Waals surface area contributed by atoms with Crippen LogP contribution in [0.25, 0.3) is 0 Å². The van der Waals surface area contributed by atoms with Gasteiger partial charge in [-0.15, -0.1) is 0 Å². The number of rotatable bonds is 3. The molecule has 0 spiro atoms. The molecule has 1 aromatic rings. The molecule has 2 heterocycles. The highest BCUT2D eigenvalue weighted by molar-refractivity contribution is 7.89. The summed E-state index contributed by atoms with van der Waals surface area (Å²) in [5.41, 5.74) is 0. The molecule has 0 radical (unpaired) electrons. The Morgan fingerprint density at radius 3 is 2.39 bits per heavy atom. The molecule has 7 heteroatoms. The molecular weight excluding hydrogens is 379 g/mol. The van der Waals surface area contributed by atoms with E-state index < -0.39 is 15.8 Å². The van der Waals surface area contributed by atoms with Gasteiger partial charge < -0.3 is 4.90 Å². The van der Waals surface area contributed by atoms with E-state index in [1.165, 1.54) is 42.1 Å². The van der Waals surface area contributed by atoms with Gasteiger partial charge in [0.15, 0.2) is 0 Å². The average Bonchev–Trinajstić information content (AvgIpc) is 2.73. The molecule has 3 fully saturated rings. The highest BCUT2D eigenvalue weighted by Crippen LogP contribution is 2.37. The Kier molecular flexibility index (Phi) is 5.74. The van der Waals surface area contributed by atoms with Crippen molar-refractivity contribution in [2.75, 3.05) is 19.6 Å². The summed E-state index contributed by atoms with van der Waals surface area (Å²) >= 11 is 0. The van der Waals surface area contributed by atoms with Crippen LogP contribution in [0.1, 0.15) is 51.4 Å². The van der Waals surface area contributed by atoms with Crippen LogP contribution in [-0.2, 0) is 14.8 Å². The molecule has 0 bridgehead atoms. The third-order valence-electron chi connectivity index (χ3n) is 6.71. The Labute approximate surface area is 166 Å². The first-order valence-corrected chi connectivity index (χ1v) is 12.0. The van der Waals surface area contributed by atoms with Crippen molar-refractivity contribution in [3.63, 3.8) is 0 Å². The van der Waals surface area contributed by atoms with E-state index in [1.54, 1.807) is 0 Å². The fourth-order valence-corrected chi connectivity index (χ4v) is 6.77. The van der Waals surface area contributed by atoms with Gasteiger partial charge in [-0.2, -0.15) is 4.31 Å². The molecule has 0 N–H and O–H groups in total. The number of sulfonamides is 1. The molecule has 1 saturated carbocycles. The number of likely N-dealkylation sites (tertiary alicyclic amines) is 1. The second-order valence-electron chi connectivity index (χ2n) is 8.44. The largest absolute Gasteiger partial charge is 0.339 e. The molecule has 1 aliphatic carbocycles. The standard InChI is InChI=1S/C21H29FN2O3S/c22-18-9-11-19(12-10-18)28(26,27)23-13-3-7-17(15-23)21(25)24-14-4-6-16-5-1-2-8-20(16)24/h9-12,16-17,20H,1-8,13-15H2/t16-,17-,20+/m1/s1. The number of benzene rings is 1. The fourth-order valence-electron chi connectivity index (χ4n) is 5.25. The van der Waals surface area contributed by atoms with E-state index in [0.717, 1.165) is 37.9 Å². The first-order valence-electron chi connectivity index (χ1n) is 10.5. The van der Waals surface area contributed by atoms with Crippen molar-refractivity contribution in [1.82, 2.24) is 9.21 Å². The number of hydrogen-bond donors (Lipinski definition) is 0. The predicted molar refractivity (Wildman–Crippen MR) is 105 cm³/mol.